The molecule has 1 heterocycles. The van der Waals surface area contributed by atoms with E-state index in [1.54, 1.807) is 12.1 Å². The summed E-state index contributed by atoms with van der Waals surface area (Å²) in [5.74, 6) is -0.254. The van der Waals surface area contributed by atoms with E-state index in [2.05, 4.69) is 10.6 Å². The number of benzene rings is 1. The molecule has 21 heavy (non-hydrogen) atoms. The van der Waals surface area contributed by atoms with E-state index in [4.69, 9.17) is 4.74 Å². The van der Waals surface area contributed by atoms with Crippen LogP contribution in [0.5, 0.6) is 5.75 Å². The lowest BCUT2D eigenvalue weighted by Gasteiger charge is -2.26. The molecule has 1 aromatic rings. The van der Waals surface area contributed by atoms with Crippen LogP contribution >= 0.6 is 12.4 Å². The summed E-state index contributed by atoms with van der Waals surface area (Å²) in [4.78, 5) is 11.9. The Morgan fingerprint density at radius 2 is 2.10 bits per heavy atom. The fourth-order valence-electron chi connectivity index (χ4n) is 2.48. The topological polar surface area (TPSA) is 50.4 Å². The summed E-state index contributed by atoms with van der Waals surface area (Å²) in [7, 11) is 0. The number of anilines is 1. The van der Waals surface area contributed by atoms with Crippen molar-refractivity contribution < 1.29 is 13.9 Å². The van der Waals surface area contributed by atoms with Crippen molar-refractivity contribution in [1.82, 2.24) is 5.32 Å². The molecule has 1 aliphatic heterocycles. The molecule has 1 atom stereocenters. The van der Waals surface area contributed by atoms with Crippen LogP contribution in [0, 0.1) is 5.82 Å². The van der Waals surface area contributed by atoms with E-state index in [1.807, 2.05) is 0 Å². The van der Waals surface area contributed by atoms with Crippen LogP contribution in [0.3, 0.4) is 0 Å². The van der Waals surface area contributed by atoms with Crippen molar-refractivity contribution in [2.45, 2.75) is 44.2 Å². The Morgan fingerprint density at radius 3 is 2.67 bits per heavy atom. The number of carbonyl (C=O) groups is 1. The highest BCUT2D eigenvalue weighted by molar-refractivity contribution is 5.95. The van der Waals surface area contributed by atoms with E-state index in [0.29, 0.717) is 5.69 Å². The van der Waals surface area contributed by atoms with Gasteiger partial charge in [0.25, 0.3) is 0 Å². The summed E-state index contributed by atoms with van der Waals surface area (Å²) in [5, 5.41) is 5.85. The highest BCUT2D eigenvalue weighted by Gasteiger charge is 2.23. The van der Waals surface area contributed by atoms with Crippen molar-refractivity contribution in [2.75, 3.05) is 11.9 Å². The van der Waals surface area contributed by atoms with Crippen molar-refractivity contribution in [3.05, 3.63) is 24.0 Å². The van der Waals surface area contributed by atoms with Crippen molar-refractivity contribution >= 4 is 24.0 Å². The van der Waals surface area contributed by atoms with Gasteiger partial charge < -0.3 is 15.4 Å². The smallest absolute Gasteiger partial charge is 0.241 e. The summed E-state index contributed by atoms with van der Waals surface area (Å²) in [6.07, 6.45) is 5.11. The number of ether oxygens (including phenoxy) is 1. The van der Waals surface area contributed by atoms with E-state index in [9.17, 15) is 9.18 Å². The third-order valence-electron chi connectivity index (χ3n) is 3.92. The molecule has 116 valence electrons. The minimum Gasteiger partial charge on any atom is -0.487 e. The van der Waals surface area contributed by atoms with E-state index >= 15 is 0 Å². The first-order valence-electron chi connectivity index (χ1n) is 7.23. The number of halogens is 2. The zero-order valence-corrected chi connectivity index (χ0v) is 12.5. The molecule has 1 aliphatic carbocycles. The van der Waals surface area contributed by atoms with Gasteiger partial charge in [-0.2, -0.15) is 0 Å². The predicted octanol–water partition coefficient (Wildman–Crippen LogP) is 2.87. The molecule has 2 fully saturated rings. The standard InChI is InChI=1S/C15H19FN2O2.ClH/c16-12-9-10(18-15(19)13-5-2-8-17-13)6-7-14(12)20-11-3-1-4-11;/h6-7,9,11,13,17H,1-5,8H2,(H,18,19);1H. The molecule has 2 aliphatic rings. The molecule has 6 heteroatoms. The number of hydrogen-bond donors (Lipinski definition) is 2. The van der Waals surface area contributed by atoms with Gasteiger partial charge in [0.05, 0.1) is 12.1 Å². The number of carbonyl (C=O) groups excluding carboxylic acids is 1. The third kappa shape index (κ3) is 3.86. The maximum Gasteiger partial charge on any atom is 0.241 e. The van der Waals surface area contributed by atoms with Gasteiger partial charge in [-0.1, -0.05) is 0 Å². The van der Waals surface area contributed by atoms with Crippen LogP contribution < -0.4 is 15.4 Å². The molecule has 1 aromatic carbocycles. The Kier molecular flexibility index (Phi) is 5.42. The van der Waals surface area contributed by atoms with Gasteiger partial charge in [0.1, 0.15) is 0 Å². The minimum absolute atomic E-state index is 0. The maximum atomic E-state index is 13.9. The Bertz CT molecular complexity index is 502. The monoisotopic (exact) mass is 314 g/mol. The quantitative estimate of drug-likeness (QED) is 0.898. The molecule has 0 bridgehead atoms. The number of rotatable bonds is 4. The molecule has 3 rings (SSSR count). The Hall–Kier alpha value is -1.33. The van der Waals surface area contributed by atoms with Gasteiger partial charge in [0.2, 0.25) is 5.91 Å². The molecule has 4 nitrogen and oxygen atoms in total. The van der Waals surface area contributed by atoms with Crippen molar-refractivity contribution in [1.29, 1.82) is 0 Å². The van der Waals surface area contributed by atoms with Gasteiger partial charge in [0.15, 0.2) is 11.6 Å². The second-order valence-corrected chi connectivity index (χ2v) is 5.45. The minimum atomic E-state index is -0.422. The van der Waals surface area contributed by atoms with Gasteiger partial charge in [-0.25, -0.2) is 4.39 Å². The normalized spacial score (nSPS) is 21.3. The molecule has 0 radical (unpaired) electrons. The van der Waals surface area contributed by atoms with Crippen LogP contribution in [-0.2, 0) is 4.79 Å². The van der Waals surface area contributed by atoms with Gasteiger partial charge in [0, 0.05) is 11.8 Å². The maximum absolute atomic E-state index is 13.9. The van der Waals surface area contributed by atoms with Crippen LogP contribution in [0.2, 0.25) is 0 Å². The Morgan fingerprint density at radius 1 is 1.29 bits per heavy atom. The lowest BCUT2D eigenvalue weighted by Crippen LogP contribution is -2.35. The molecule has 1 amide bonds. The summed E-state index contributed by atoms with van der Waals surface area (Å²) in [5.41, 5.74) is 0.474. The van der Waals surface area contributed by atoms with Crippen LogP contribution in [-0.4, -0.2) is 24.6 Å². The fraction of sp³-hybridized carbons (Fsp3) is 0.533. The van der Waals surface area contributed by atoms with Crippen LogP contribution in [0.25, 0.3) is 0 Å². The molecule has 1 saturated heterocycles. The van der Waals surface area contributed by atoms with Gasteiger partial charge >= 0.3 is 0 Å². The first-order chi connectivity index (χ1) is 9.72. The highest BCUT2D eigenvalue weighted by atomic mass is 35.5. The molecular weight excluding hydrogens is 295 g/mol. The fourth-order valence-corrected chi connectivity index (χ4v) is 2.48. The van der Waals surface area contributed by atoms with Crippen molar-refractivity contribution in [2.24, 2.45) is 0 Å². The highest BCUT2D eigenvalue weighted by Crippen LogP contribution is 2.28. The number of amides is 1. The molecular formula is C15H20ClFN2O2. The number of nitrogens with one attached hydrogen (secondary N) is 2. The lowest BCUT2D eigenvalue weighted by atomic mass is 9.96. The second kappa shape index (κ2) is 7.09. The molecule has 1 unspecified atom stereocenters. The summed E-state index contributed by atoms with van der Waals surface area (Å²) in [6.45, 7) is 0.862. The molecule has 1 saturated carbocycles. The zero-order chi connectivity index (χ0) is 13.9. The third-order valence-corrected chi connectivity index (χ3v) is 3.92. The van der Waals surface area contributed by atoms with E-state index in [1.165, 1.54) is 6.07 Å². The second-order valence-electron chi connectivity index (χ2n) is 5.45. The molecule has 0 aromatic heterocycles. The van der Waals surface area contributed by atoms with Crippen molar-refractivity contribution in [3.8, 4) is 5.75 Å². The predicted molar refractivity (Wildman–Crippen MR) is 81.6 cm³/mol. The first-order valence-corrected chi connectivity index (χ1v) is 7.23. The van der Waals surface area contributed by atoms with Crippen LogP contribution in [0.1, 0.15) is 32.1 Å². The first kappa shape index (κ1) is 16.0. The Labute approximate surface area is 129 Å². The lowest BCUT2D eigenvalue weighted by molar-refractivity contribution is -0.117. The van der Waals surface area contributed by atoms with Crippen LogP contribution in [0.4, 0.5) is 10.1 Å². The summed E-state index contributed by atoms with van der Waals surface area (Å²) >= 11 is 0. The van der Waals surface area contributed by atoms with Crippen molar-refractivity contribution in [3.63, 3.8) is 0 Å². The zero-order valence-electron chi connectivity index (χ0n) is 11.7. The van der Waals surface area contributed by atoms with Crippen LogP contribution in [0.15, 0.2) is 18.2 Å². The van der Waals surface area contributed by atoms with Gasteiger partial charge in [-0.3, -0.25) is 4.79 Å². The molecule has 0 spiro atoms. The van der Waals surface area contributed by atoms with E-state index in [0.717, 1.165) is 38.6 Å². The van der Waals surface area contributed by atoms with E-state index in [-0.39, 0.29) is 36.2 Å². The van der Waals surface area contributed by atoms with Gasteiger partial charge in [-0.15, -0.1) is 12.4 Å². The average Bonchev–Trinajstić information content (AvgIpc) is 2.89. The van der Waals surface area contributed by atoms with Gasteiger partial charge in [-0.05, 0) is 50.8 Å². The summed E-state index contributed by atoms with van der Waals surface area (Å²) < 4.78 is 19.4. The Balaban J connectivity index is 0.00000161. The SMILES string of the molecule is Cl.O=C(Nc1ccc(OC2CCC2)c(F)c1)C1CCCN1. The van der Waals surface area contributed by atoms with E-state index < -0.39 is 5.82 Å². The average molecular weight is 315 g/mol. The molecule has 2 N–H and O–H groups in total. The number of hydrogen-bond acceptors (Lipinski definition) is 3. The summed E-state index contributed by atoms with van der Waals surface area (Å²) in [6, 6.07) is 4.43. The largest absolute Gasteiger partial charge is 0.487 e.